The van der Waals surface area contributed by atoms with E-state index in [9.17, 15) is 31.2 Å². The lowest BCUT2D eigenvalue weighted by atomic mass is 9.98. The molecule has 1 aliphatic rings. The summed E-state index contributed by atoms with van der Waals surface area (Å²) < 4.78 is 79.6. The highest BCUT2D eigenvalue weighted by Gasteiger charge is 2.42. The molecule has 4 aromatic rings. The highest BCUT2D eigenvalue weighted by molar-refractivity contribution is 7.90. The van der Waals surface area contributed by atoms with E-state index in [0.717, 1.165) is 26.3 Å². The predicted octanol–water partition coefficient (Wildman–Crippen LogP) is 3.25. The Morgan fingerprint density at radius 1 is 1.07 bits per heavy atom. The lowest BCUT2D eigenvalue weighted by Crippen LogP contribution is -2.61. The maximum Gasteiger partial charge on any atom is 0.435 e. The number of aryl methyl sites for hydroxylation is 1. The third-order valence-corrected chi connectivity index (χ3v) is 8.07. The first kappa shape index (κ1) is 30.8. The summed E-state index contributed by atoms with van der Waals surface area (Å²) in [6, 6.07) is 11.8. The Kier molecular flexibility index (Phi) is 7.77. The molecule has 2 aromatic carbocycles. The van der Waals surface area contributed by atoms with Crippen molar-refractivity contribution in [3.8, 4) is 16.9 Å². The summed E-state index contributed by atoms with van der Waals surface area (Å²) in [5.74, 6) is -1.33. The molecule has 0 aliphatic carbocycles. The number of benzene rings is 2. The van der Waals surface area contributed by atoms with Crippen molar-refractivity contribution in [1.82, 2.24) is 24.5 Å². The molecule has 1 amide bonds. The van der Waals surface area contributed by atoms with Crippen LogP contribution in [0.4, 0.5) is 13.2 Å². The molecule has 13 nitrogen and oxygen atoms in total. The van der Waals surface area contributed by atoms with Gasteiger partial charge in [0, 0.05) is 12.1 Å². The fourth-order valence-corrected chi connectivity index (χ4v) is 5.13. The van der Waals surface area contributed by atoms with E-state index in [0.29, 0.717) is 18.5 Å². The molecule has 0 spiro atoms. The summed E-state index contributed by atoms with van der Waals surface area (Å²) in [6.45, 7) is 6.78. The van der Waals surface area contributed by atoms with Crippen molar-refractivity contribution in [3.63, 3.8) is 0 Å². The topological polar surface area (TPSA) is 143 Å². The number of ether oxygens (including phenoxy) is 1. The average molecular weight is 639 g/mol. The van der Waals surface area contributed by atoms with Gasteiger partial charge in [0.15, 0.2) is 5.69 Å². The van der Waals surface area contributed by atoms with E-state index in [2.05, 4.69) is 5.10 Å². The third kappa shape index (κ3) is 6.46. The maximum absolute atomic E-state index is 13.5. The molecule has 1 saturated heterocycles. The van der Waals surface area contributed by atoms with Crippen LogP contribution in [-0.4, -0.2) is 59.4 Å². The predicted molar refractivity (Wildman–Crippen MR) is 147 cm³/mol. The van der Waals surface area contributed by atoms with Gasteiger partial charge in [-0.3, -0.25) is 9.59 Å². The van der Waals surface area contributed by atoms with Crippen LogP contribution >= 0.6 is 0 Å². The van der Waals surface area contributed by atoms with Crippen molar-refractivity contribution < 1.29 is 45.4 Å². The lowest BCUT2D eigenvalue weighted by molar-refractivity contribution is -0.168. The van der Waals surface area contributed by atoms with E-state index in [1.165, 1.54) is 29.3 Å². The van der Waals surface area contributed by atoms with E-state index >= 15 is 0 Å². The lowest BCUT2D eigenvalue weighted by Gasteiger charge is -2.35. The van der Waals surface area contributed by atoms with Crippen LogP contribution in [0.5, 0.6) is 0 Å². The summed E-state index contributed by atoms with van der Waals surface area (Å²) in [6.07, 6.45) is -4.38. The summed E-state index contributed by atoms with van der Waals surface area (Å²) in [5, 5.41) is 5.98. The average Bonchev–Trinajstić information content (AvgIpc) is 3.49. The van der Waals surface area contributed by atoms with Crippen LogP contribution in [0.15, 0.2) is 64.1 Å². The molecule has 0 radical (unpaired) electrons. The van der Waals surface area contributed by atoms with Crippen molar-refractivity contribution >= 4 is 21.9 Å². The molecular weight excluding hydrogens is 609 g/mol. The van der Waals surface area contributed by atoms with E-state index < -0.39 is 52.0 Å². The van der Waals surface area contributed by atoms with Crippen molar-refractivity contribution in [2.24, 2.45) is 5.41 Å². The number of esters is 1. The number of hydrogen-bond acceptors (Lipinski definition) is 9. The Labute approximate surface area is 249 Å². The van der Waals surface area contributed by atoms with Crippen LogP contribution in [0.3, 0.4) is 0 Å². The number of carbonyl (C=O) groups is 2. The maximum atomic E-state index is 13.5. The van der Waals surface area contributed by atoms with Gasteiger partial charge < -0.3 is 9.57 Å². The Balaban J connectivity index is 1.25. The smallest absolute Gasteiger partial charge is 0.425 e. The standard InChI is InChI=1S/C27H29F3N6O7S/c1-17-5-7-18(8-6-17)22-15-23(27(28,29)30)31-34(22)19-9-11-20(12-10-19)44(39,40)32-24(37)21-13-14-33(21)35-36(43-35)42-16-41-25(38)26(2,3)4/h5-12,15,21H,13-14,16H2,1-4H3,(H,32,37). The Morgan fingerprint density at radius 2 is 1.73 bits per heavy atom. The van der Waals surface area contributed by atoms with Gasteiger partial charge in [-0.1, -0.05) is 29.8 Å². The summed E-state index contributed by atoms with van der Waals surface area (Å²) >= 11 is 0. The Morgan fingerprint density at radius 3 is 2.30 bits per heavy atom. The molecule has 44 heavy (non-hydrogen) atoms. The zero-order valence-electron chi connectivity index (χ0n) is 24.0. The van der Waals surface area contributed by atoms with Crippen molar-refractivity contribution in [2.45, 2.75) is 51.2 Å². The summed E-state index contributed by atoms with van der Waals surface area (Å²) in [4.78, 5) is 30.6. The van der Waals surface area contributed by atoms with Crippen LogP contribution in [0, 0.1) is 12.3 Å². The van der Waals surface area contributed by atoms with Crippen LogP contribution < -0.4 is 14.6 Å². The molecule has 0 bridgehead atoms. The summed E-state index contributed by atoms with van der Waals surface area (Å²) in [7, 11) is -4.34. The van der Waals surface area contributed by atoms with Crippen LogP contribution in [-0.2, 0) is 30.5 Å². The first-order valence-electron chi connectivity index (χ1n) is 13.3. The van der Waals surface area contributed by atoms with Gasteiger partial charge in [-0.05, 0) is 64.4 Å². The minimum Gasteiger partial charge on any atom is -0.425 e. The van der Waals surface area contributed by atoms with Gasteiger partial charge in [0.05, 0.1) is 26.7 Å². The van der Waals surface area contributed by atoms with Crippen molar-refractivity contribution in [2.75, 3.05) is 18.3 Å². The SMILES string of the molecule is Cc1ccc(-c2cc(C(F)(F)F)nn2-c2ccc(S(=O)(=O)NC(=O)C3CCN3n3on3OCOC(=O)C(C)(C)C)cc2)cc1. The van der Waals surface area contributed by atoms with Gasteiger partial charge in [-0.15, -0.1) is 0 Å². The van der Waals surface area contributed by atoms with E-state index in [-0.39, 0.29) is 16.3 Å². The zero-order valence-corrected chi connectivity index (χ0v) is 24.8. The fourth-order valence-electron chi connectivity index (χ4n) is 4.12. The number of nitrogens with one attached hydrogen (secondary N) is 1. The first-order chi connectivity index (χ1) is 20.5. The number of hydrogen-bond donors (Lipinski definition) is 1. The number of aromatic nitrogens is 4. The second-order valence-electron chi connectivity index (χ2n) is 11.1. The number of amides is 1. The zero-order chi connectivity index (χ0) is 32.0. The number of nitrogens with zero attached hydrogens (tertiary/aromatic N) is 5. The first-order valence-corrected chi connectivity index (χ1v) is 14.8. The van der Waals surface area contributed by atoms with Crippen molar-refractivity contribution in [3.05, 3.63) is 65.9 Å². The monoisotopic (exact) mass is 638 g/mol. The summed E-state index contributed by atoms with van der Waals surface area (Å²) in [5.41, 5.74) is -0.0864. The normalized spacial score (nSPS) is 15.6. The molecule has 1 atom stereocenters. The molecule has 3 heterocycles. The van der Waals surface area contributed by atoms with Gasteiger partial charge in [-0.2, -0.15) is 22.9 Å². The van der Waals surface area contributed by atoms with Crippen LogP contribution in [0.2, 0.25) is 0 Å². The molecule has 0 saturated carbocycles. The number of rotatable bonds is 9. The molecule has 1 N–H and O–H groups in total. The highest BCUT2D eigenvalue weighted by atomic mass is 32.2. The van der Waals surface area contributed by atoms with E-state index in [4.69, 9.17) is 14.2 Å². The Bertz CT molecular complexity index is 1760. The Hall–Kier alpha value is -4.67. The van der Waals surface area contributed by atoms with Crippen molar-refractivity contribution in [1.29, 1.82) is 0 Å². The van der Waals surface area contributed by atoms with Crippen LogP contribution in [0.1, 0.15) is 38.4 Å². The third-order valence-electron chi connectivity index (χ3n) is 6.71. The minimum absolute atomic E-state index is 0.161. The second-order valence-corrected chi connectivity index (χ2v) is 12.8. The molecule has 1 unspecified atom stereocenters. The van der Waals surface area contributed by atoms with Gasteiger partial charge in [0.1, 0.15) is 11.1 Å². The molecule has 2 aromatic heterocycles. The number of sulfonamides is 1. The number of alkyl halides is 3. The largest absolute Gasteiger partial charge is 0.435 e. The van der Waals surface area contributed by atoms with Gasteiger partial charge in [0.25, 0.3) is 22.7 Å². The second kappa shape index (κ2) is 11.1. The van der Waals surface area contributed by atoms with E-state index in [1.807, 2.05) is 11.6 Å². The highest BCUT2D eigenvalue weighted by Crippen LogP contribution is 2.33. The molecule has 236 valence electrons. The number of halogens is 3. The quantitative estimate of drug-likeness (QED) is 0.216. The molecule has 1 aliphatic heterocycles. The molecule has 17 heteroatoms. The van der Waals surface area contributed by atoms with Crippen LogP contribution in [0.25, 0.3) is 16.9 Å². The molecular formula is C27H29F3N6O7S. The molecule has 1 fully saturated rings. The number of carbonyl (C=O) groups excluding carboxylic acids is 2. The fraction of sp³-hybridized carbons (Fsp3) is 0.370. The van der Waals surface area contributed by atoms with Gasteiger partial charge in [0.2, 0.25) is 0 Å². The van der Waals surface area contributed by atoms with Gasteiger partial charge in [-0.25, -0.2) is 22.8 Å². The minimum atomic E-state index is -4.70. The van der Waals surface area contributed by atoms with E-state index in [1.54, 1.807) is 45.0 Å². The molecule has 5 rings (SSSR count). The van der Waals surface area contributed by atoms with Gasteiger partial charge >= 0.3 is 12.1 Å².